The van der Waals surface area contributed by atoms with Gasteiger partial charge in [-0.05, 0) is 42.8 Å². The van der Waals surface area contributed by atoms with E-state index in [1.165, 1.54) is 5.57 Å². The van der Waals surface area contributed by atoms with Crippen molar-refractivity contribution in [2.75, 3.05) is 37.7 Å². The van der Waals surface area contributed by atoms with Gasteiger partial charge in [0.1, 0.15) is 0 Å². The normalized spacial score (nSPS) is 18.4. The first-order valence-corrected chi connectivity index (χ1v) is 8.76. The summed E-state index contributed by atoms with van der Waals surface area (Å²) in [5.74, 6) is 0.760. The third-order valence-electron chi connectivity index (χ3n) is 4.54. The van der Waals surface area contributed by atoms with Crippen LogP contribution in [0, 0.1) is 0 Å². The number of aliphatic hydroxyl groups excluding tert-OH is 1. The third kappa shape index (κ3) is 4.24. The number of aliphatic hydroxyl groups is 1. The highest BCUT2D eigenvalue weighted by Gasteiger charge is 2.29. The molecule has 0 radical (unpaired) electrons. The third-order valence-corrected chi connectivity index (χ3v) is 4.54. The zero-order chi connectivity index (χ0) is 17.6. The van der Waals surface area contributed by atoms with Crippen LogP contribution in [-0.2, 0) is 0 Å². The van der Waals surface area contributed by atoms with Crippen molar-refractivity contribution in [2.24, 2.45) is 0 Å². The maximum absolute atomic E-state index is 9.46. The molecule has 1 aliphatic heterocycles. The van der Waals surface area contributed by atoms with Crippen LogP contribution in [0.1, 0.15) is 20.3 Å². The van der Waals surface area contributed by atoms with Crippen LogP contribution in [0.15, 0.2) is 42.0 Å². The molecule has 7 nitrogen and oxygen atoms in total. The molecule has 134 valence electrons. The molecule has 0 spiro atoms. The average Bonchev–Trinajstić information content (AvgIpc) is 3.11. The highest BCUT2D eigenvalue weighted by molar-refractivity contribution is 5.41. The van der Waals surface area contributed by atoms with E-state index in [0.717, 1.165) is 44.2 Å². The summed E-state index contributed by atoms with van der Waals surface area (Å²) in [6.45, 7) is 7.95. The predicted molar refractivity (Wildman–Crippen MR) is 97.9 cm³/mol. The smallest absolute Gasteiger partial charge is 0.250 e. The Hall–Kier alpha value is -2.25. The summed E-state index contributed by atoms with van der Waals surface area (Å²) in [5, 5.41) is 21.7. The summed E-state index contributed by atoms with van der Waals surface area (Å²) in [6.07, 6.45) is 2.99. The van der Waals surface area contributed by atoms with E-state index >= 15 is 0 Å². The van der Waals surface area contributed by atoms with Crippen molar-refractivity contribution in [1.29, 1.82) is 0 Å². The molecule has 1 saturated heterocycles. The molecule has 2 heterocycles. The van der Waals surface area contributed by atoms with Crippen molar-refractivity contribution < 1.29 is 5.11 Å². The van der Waals surface area contributed by atoms with Crippen molar-refractivity contribution in [2.45, 2.75) is 26.3 Å². The molecule has 1 aromatic carbocycles. The zero-order valence-electron chi connectivity index (χ0n) is 14.9. The number of benzene rings is 1. The Kier molecular flexibility index (Phi) is 5.78. The average molecular weight is 342 g/mol. The first kappa shape index (κ1) is 17.6. The lowest BCUT2D eigenvalue weighted by molar-refractivity contribution is 0.154. The second-order valence-electron chi connectivity index (χ2n) is 6.61. The molecular formula is C18H26N6O. The Morgan fingerprint density at radius 1 is 1.24 bits per heavy atom. The van der Waals surface area contributed by atoms with Gasteiger partial charge in [-0.15, -0.1) is 0 Å². The first-order chi connectivity index (χ1) is 12.2. The fraction of sp³-hybridized carbons (Fsp3) is 0.500. The molecule has 2 aromatic rings. The zero-order valence-corrected chi connectivity index (χ0v) is 14.9. The molecule has 0 bridgehead atoms. The largest absolute Gasteiger partial charge is 0.396 e. The van der Waals surface area contributed by atoms with Gasteiger partial charge in [-0.25, -0.2) is 0 Å². The van der Waals surface area contributed by atoms with Crippen molar-refractivity contribution in [3.8, 4) is 5.69 Å². The van der Waals surface area contributed by atoms with Gasteiger partial charge >= 0.3 is 0 Å². The minimum absolute atomic E-state index is 0.188. The Morgan fingerprint density at radius 2 is 2.04 bits per heavy atom. The van der Waals surface area contributed by atoms with E-state index in [0.29, 0.717) is 0 Å². The van der Waals surface area contributed by atoms with Crippen molar-refractivity contribution in [1.82, 2.24) is 25.1 Å². The molecule has 25 heavy (non-hydrogen) atoms. The molecule has 1 aromatic heterocycles. The summed E-state index contributed by atoms with van der Waals surface area (Å²) in [4.78, 5) is 4.64. The summed E-state index contributed by atoms with van der Waals surface area (Å²) in [6, 6.07) is 10.2. The minimum Gasteiger partial charge on any atom is -0.396 e. The van der Waals surface area contributed by atoms with Crippen LogP contribution in [0.4, 0.5) is 5.95 Å². The van der Waals surface area contributed by atoms with Crippen LogP contribution >= 0.6 is 0 Å². The van der Waals surface area contributed by atoms with E-state index in [4.69, 9.17) is 0 Å². The first-order valence-electron chi connectivity index (χ1n) is 8.76. The highest BCUT2D eigenvalue weighted by Crippen LogP contribution is 2.20. The summed E-state index contributed by atoms with van der Waals surface area (Å²) in [5.41, 5.74) is 2.27. The van der Waals surface area contributed by atoms with Crippen LogP contribution in [0.3, 0.4) is 0 Å². The topological polar surface area (TPSA) is 70.3 Å². The van der Waals surface area contributed by atoms with E-state index < -0.39 is 0 Å². The molecule has 7 heteroatoms. The second-order valence-corrected chi connectivity index (χ2v) is 6.61. The van der Waals surface area contributed by atoms with Gasteiger partial charge in [-0.1, -0.05) is 34.9 Å². The number of tetrazole rings is 1. The van der Waals surface area contributed by atoms with E-state index in [1.54, 1.807) is 4.68 Å². The number of hydrogen-bond donors (Lipinski definition) is 1. The Balaban J connectivity index is 1.77. The SMILES string of the molecule is CC(C)=CCN1CCN(c2nnnn2-c2ccccc2)C[C@@H]1CCO. The molecule has 1 atom stereocenters. The fourth-order valence-corrected chi connectivity index (χ4v) is 3.15. The molecule has 0 aliphatic carbocycles. The van der Waals surface area contributed by atoms with Crippen molar-refractivity contribution in [3.05, 3.63) is 42.0 Å². The van der Waals surface area contributed by atoms with E-state index in [2.05, 4.69) is 45.2 Å². The molecule has 0 unspecified atom stereocenters. The molecule has 3 rings (SSSR count). The van der Waals surface area contributed by atoms with Crippen molar-refractivity contribution in [3.63, 3.8) is 0 Å². The predicted octanol–water partition coefficient (Wildman–Crippen LogP) is 1.50. The number of aromatic nitrogens is 4. The van der Waals surface area contributed by atoms with E-state index in [1.807, 2.05) is 30.3 Å². The lowest BCUT2D eigenvalue weighted by atomic mass is 10.1. The molecule has 1 fully saturated rings. The number of piperazine rings is 1. The van der Waals surface area contributed by atoms with Gasteiger partial charge in [-0.2, -0.15) is 4.68 Å². The number of nitrogens with zero attached hydrogens (tertiary/aromatic N) is 6. The Labute approximate surface area is 148 Å². The van der Waals surface area contributed by atoms with Gasteiger partial charge < -0.3 is 10.0 Å². The number of rotatable bonds is 6. The lowest BCUT2D eigenvalue weighted by Gasteiger charge is -2.41. The maximum Gasteiger partial charge on any atom is 0.250 e. The van der Waals surface area contributed by atoms with Crippen LogP contribution in [0.5, 0.6) is 0 Å². The van der Waals surface area contributed by atoms with Gasteiger partial charge in [0.25, 0.3) is 0 Å². The molecule has 1 N–H and O–H groups in total. The number of hydrogen-bond acceptors (Lipinski definition) is 6. The number of para-hydroxylation sites is 1. The maximum atomic E-state index is 9.46. The monoisotopic (exact) mass is 342 g/mol. The summed E-state index contributed by atoms with van der Waals surface area (Å²) >= 11 is 0. The summed E-state index contributed by atoms with van der Waals surface area (Å²) < 4.78 is 1.78. The summed E-state index contributed by atoms with van der Waals surface area (Å²) in [7, 11) is 0. The van der Waals surface area contributed by atoms with Crippen molar-refractivity contribution >= 4 is 5.95 Å². The lowest BCUT2D eigenvalue weighted by Crippen LogP contribution is -2.54. The number of anilines is 1. The van der Waals surface area contributed by atoms with Gasteiger partial charge in [-0.3, -0.25) is 4.90 Å². The van der Waals surface area contributed by atoms with E-state index in [9.17, 15) is 5.11 Å². The Bertz CT molecular complexity index is 695. The van der Waals surface area contributed by atoms with Crippen LogP contribution in [0.25, 0.3) is 5.69 Å². The van der Waals surface area contributed by atoms with E-state index in [-0.39, 0.29) is 12.6 Å². The standard InChI is InChI=1S/C18H26N6O/c1-15(2)8-10-22-11-12-23(14-17(22)9-13-25)18-19-20-21-24(18)16-6-4-3-5-7-16/h3-8,17,25H,9-14H2,1-2H3/t17-/m0/s1. The Morgan fingerprint density at radius 3 is 2.76 bits per heavy atom. The molecule has 0 saturated carbocycles. The van der Waals surface area contributed by atoms with Crippen LogP contribution < -0.4 is 4.90 Å². The molecule has 1 aliphatic rings. The minimum atomic E-state index is 0.188. The molecular weight excluding hydrogens is 316 g/mol. The molecule has 0 amide bonds. The van der Waals surface area contributed by atoms with Crippen LogP contribution in [-0.4, -0.2) is 69.0 Å². The fourth-order valence-electron chi connectivity index (χ4n) is 3.15. The van der Waals surface area contributed by atoms with Gasteiger partial charge in [0, 0.05) is 38.8 Å². The van der Waals surface area contributed by atoms with Gasteiger partial charge in [0.2, 0.25) is 5.95 Å². The quantitative estimate of drug-likeness (QED) is 0.803. The van der Waals surface area contributed by atoms with Gasteiger partial charge in [0.05, 0.1) is 5.69 Å². The number of allylic oxidation sites excluding steroid dienone is 1. The highest BCUT2D eigenvalue weighted by atomic mass is 16.3. The second kappa shape index (κ2) is 8.22. The van der Waals surface area contributed by atoms with Crippen LogP contribution in [0.2, 0.25) is 0 Å². The van der Waals surface area contributed by atoms with Gasteiger partial charge in [0.15, 0.2) is 0 Å².